The summed E-state index contributed by atoms with van der Waals surface area (Å²) in [6.45, 7) is 3.98. The van der Waals surface area contributed by atoms with Crippen LogP contribution in [0.25, 0.3) is 6.08 Å². The van der Waals surface area contributed by atoms with E-state index in [1.807, 2.05) is 44.2 Å². The largest absolute Gasteiger partial charge is 0.490 e. The number of nitrogens with one attached hydrogen (secondary N) is 2. The molecule has 0 saturated carbocycles. The molecule has 0 atom stereocenters. The van der Waals surface area contributed by atoms with Crippen molar-refractivity contribution in [3.05, 3.63) is 92.5 Å². The van der Waals surface area contributed by atoms with E-state index in [9.17, 15) is 14.4 Å². The standard InChI is InChI=1S/C28H25BrClN3O5/c1-3-37-24-13-19(21(29)14-25(24)38-16-18-6-4-5-7-22(18)30)12-23-27(35)33(28(36)32-23)15-26(34)31-20-10-8-17(2)9-11-20/h4-14H,3,15-16H2,1-2H3,(H,31,34)(H,32,36)/b23-12+. The van der Waals surface area contributed by atoms with Gasteiger partial charge in [0.15, 0.2) is 11.5 Å². The third-order valence-corrected chi connectivity index (χ3v) is 6.66. The minimum atomic E-state index is -0.679. The van der Waals surface area contributed by atoms with Crippen LogP contribution >= 0.6 is 27.5 Å². The number of aryl methyl sites for hydroxylation is 1. The van der Waals surface area contributed by atoms with Crippen LogP contribution in [-0.2, 0) is 16.2 Å². The van der Waals surface area contributed by atoms with E-state index in [4.69, 9.17) is 21.1 Å². The number of ether oxygens (including phenoxy) is 2. The molecule has 38 heavy (non-hydrogen) atoms. The van der Waals surface area contributed by atoms with Crippen LogP contribution < -0.4 is 20.1 Å². The minimum absolute atomic E-state index is 0.0334. The Labute approximate surface area is 233 Å². The van der Waals surface area contributed by atoms with Crippen molar-refractivity contribution >= 4 is 57.1 Å². The fourth-order valence-corrected chi connectivity index (χ4v) is 4.29. The molecule has 1 saturated heterocycles. The van der Waals surface area contributed by atoms with E-state index >= 15 is 0 Å². The Bertz CT molecular complexity index is 1410. The molecule has 4 amide bonds. The molecule has 8 nitrogen and oxygen atoms in total. The molecule has 196 valence electrons. The predicted molar refractivity (Wildman–Crippen MR) is 149 cm³/mol. The molecule has 1 heterocycles. The van der Waals surface area contributed by atoms with E-state index in [1.165, 1.54) is 6.08 Å². The normalized spacial score (nSPS) is 14.0. The maximum absolute atomic E-state index is 12.9. The molecule has 3 aromatic carbocycles. The van der Waals surface area contributed by atoms with Crippen LogP contribution in [0, 0.1) is 6.92 Å². The summed E-state index contributed by atoms with van der Waals surface area (Å²) in [5.41, 5.74) is 3.06. The third kappa shape index (κ3) is 6.54. The van der Waals surface area contributed by atoms with Crippen molar-refractivity contribution in [3.63, 3.8) is 0 Å². The quantitative estimate of drug-likeness (QED) is 0.235. The second-order valence-corrected chi connectivity index (χ2v) is 9.69. The van der Waals surface area contributed by atoms with Crippen LogP contribution in [-0.4, -0.2) is 35.9 Å². The number of urea groups is 1. The summed E-state index contributed by atoms with van der Waals surface area (Å²) in [5, 5.41) is 5.82. The van der Waals surface area contributed by atoms with Gasteiger partial charge in [-0.25, -0.2) is 9.69 Å². The van der Waals surface area contributed by atoms with Gasteiger partial charge in [0, 0.05) is 20.7 Å². The summed E-state index contributed by atoms with van der Waals surface area (Å²) < 4.78 is 12.3. The van der Waals surface area contributed by atoms with Crippen molar-refractivity contribution in [2.45, 2.75) is 20.5 Å². The Balaban J connectivity index is 1.49. The van der Waals surface area contributed by atoms with Crippen LogP contribution in [0.2, 0.25) is 5.02 Å². The fourth-order valence-electron chi connectivity index (χ4n) is 3.67. The van der Waals surface area contributed by atoms with Crippen molar-refractivity contribution in [3.8, 4) is 11.5 Å². The summed E-state index contributed by atoms with van der Waals surface area (Å²) >= 11 is 9.74. The third-order valence-electron chi connectivity index (χ3n) is 5.60. The van der Waals surface area contributed by atoms with Crippen LogP contribution in [0.4, 0.5) is 10.5 Å². The van der Waals surface area contributed by atoms with E-state index in [0.29, 0.717) is 38.9 Å². The van der Waals surface area contributed by atoms with E-state index in [1.54, 1.807) is 30.3 Å². The monoisotopic (exact) mass is 597 g/mol. The number of rotatable bonds is 9. The molecule has 0 radical (unpaired) electrons. The lowest BCUT2D eigenvalue weighted by atomic mass is 10.1. The van der Waals surface area contributed by atoms with Gasteiger partial charge in [0.1, 0.15) is 18.8 Å². The van der Waals surface area contributed by atoms with Crippen molar-refractivity contribution in [1.29, 1.82) is 0 Å². The zero-order valence-electron chi connectivity index (χ0n) is 20.7. The molecule has 1 aliphatic rings. The molecule has 2 N–H and O–H groups in total. The molecule has 1 aliphatic heterocycles. The van der Waals surface area contributed by atoms with E-state index in [2.05, 4.69) is 26.6 Å². The molecule has 10 heteroatoms. The van der Waals surface area contributed by atoms with E-state index in [-0.39, 0.29) is 12.3 Å². The van der Waals surface area contributed by atoms with Gasteiger partial charge in [-0.2, -0.15) is 0 Å². The maximum Gasteiger partial charge on any atom is 0.329 e. The molecule has 1 fully saturated rings. The molecular weight excluding hydrogens is 574 g/mol. The lowest BCUT2D eigenvalue weighted by molar-refractivity contribution is -0.127. The number of carbonyl (C=O) groups excluding carboxylic acids is 3. The summed E-state index contributed by atoms with van der Waals surface area (Å²) in [4.78, 5) is 38.7. The molecular formula is C28H25BrClN3O5. The van der Waals surface area contributed by atoms with Gasteiger partial charge in [0.25, 0.3) is 5.91 Å². The van der Waals surface area contributed by atoms with Gasteiger partial charge in [-0.3, -0.25) is 9.59 Å². The summed E-state index contributed by atoms with van der Waals surface area (Å²) in [6.07, 6.45) is 1.52. The summed E-state index contributed by atoms with van der Waals surface area (Å²) in [6, 6.07) is 17.3. The van der Waals surface area contributed by atoms with Crippen LogP contribution in [0.15, 0.2) is 70.8 Å². The average molecular weight is 599 g/mol. The molecule has 0 aromatic heterocycles. The van der Waals surface area contributed by atoms with E-state index < -0.39 is 24.4 Å². The molecule has 4 rings (SSSR count). The Hall–Kier alpha value is -3.82. The van der Waals surface area contributed by atoms with Gasteiger partial charge in [-0.1, -0.05) is 63.4 Å². The SMILES string of the molecule is CCOc1cc(/C=C2/NC(=O)N(CC(=O)Nc3ccc(C)cc3)C2=O)c(Br)cc1OCc1ccccc1Cl. The number of halogens is 2. The van der Waals surface area contributed by atoms with Gasteiger partial charge < -0.3 is 20.1 Å². The van der Waals surface area contributed by atoms with Crippen LogP contribution in [0.1, 0.15) is 23.6 Å². The number of nitrogens with zero attached hydrogens (tertiary/aromatic N) is 1. The van der Waals surface area contributed by atoms with Gasteiger partial charge in [-0.15, -0.1) is 0 Å². The summed E-state index contributed by atoms with van der Waals surface area (Å²) in [7, 11) is 0. The highest BCUT2D eigenvalue weighted by Gasteiger charge is 2.35. The zero-order chi connectivity index (χ0) is 27.2. The van der Waals surface area contributed by atoms with Crippen molar-refractivity contribution in [1.82, 2.24) is 10.2 Å². The van der Waals surface area contributed by atoms with Crippen LogP contribution in [0.5, 0.6) is 11.5 Å². The number of amides is 4. The Morgan fingerprint density at radius 1 is 1.08 bits per heavy atom. The highest BCUT2D eigenvalue weighted by molar-refractivity contribution is 9.10. The molecule has 0 unspecified atom stereocenters. The van der Waals surface area contributed by atoms with E-state index in [0.717, 1.165) is 16.0 Å². The Morgan fingerprint density at radius 2 is 1.79 bits per heavy atom. The average Bonchev–Trinajstić information content (AvgIpc) is 3.14. The smallest absolute Gasteiger partial charge is 0.329 e. The topological polar surface area (TPSA) is 97.0 Å². The lowest BCUT2D eigenvalue weighted by Crippen LogP contribution is -2.38. The lowest BCUT2D eigenvalue weighted by Gasteiger charge is -2.15. The predicted octanol–water partition coefficient (Wildman–Crippen LogP) is 5.92. The van der Waals surface area contributed by atoms with Gasteiger partial charge in [0.05, 0.1) is 6.61 Å². The van der Waals surface area contributed by atoms with Crippen molar-refractivity contribution in [2.75, 3.05) is 18.5 Å². The number of hydrogen-bond acceptors (Lipinski definition) is 5. The first-order valence-corrected chi connectivity index (χ1v) is 13.0. The highest BCUT2D eigenvalue weighted by atomic mass is 79.9. The van der Waals surface area contributed by atoms with Crippen molar-refractivity contribution < 1.29 is 23.9 Å². The minimum Gasteiger partial charge on any atom is -0.490 e. The maximum atomic E-state index is 12.9. The van der Waals surface area contributed by atoms with Gasteiger partial charge in [-0.05, 0) is 55.8 Å². The molecule has 3 aromatic rings. The first-order valence-electron chi connectivity index (χ1n) is 11.8. The number of benzene rings is 3. The number of carbonyl (C=O) groups is 3. The van der Waals surface area contributed by atoms with Gasteiger partial charge in [0.2, 0.25) is 5.91 Å². The second kappa shape index (κ2) is 12.1. The molecule has 0 spiro atoms. The fraction of sp³-hybridized carbons (Fsp3) is 0.179. The van der Waals surface area contributed by atoms with Gasteiger partial charge >= 0.3 is 6.03 Å². The first-order chi connectivity index (χ1) is 18.2. The molecule has 0 aliphatic carbocycles. The Morgan fingerprint density at radius 3 is 2.50 bits per heavy atom. The number of anilines is 1. The second-order valence-electron chi connectivity index (χ2n) is 8.43. The molecule has 0 bridgehead atoms. The van der Waals surface area contributed by atoms with Crippen molar-refractivity contribution in [2.24, 2.45) is 0 Å². The zero-order valence-corrected chi connectivity index (χ0v) is 23.1. The van der Waals surface area contributed by atoms with Crippen LogP contribution in [0.3, 0.4) is 0 Å². The number of imide groups is 1. The Kier molecular flexibility index (Phi) is 8.70. The number of hydrogen-bond donors (Lipinski definition) is 2. The first kappa shape index (κ1) is 27.2. The highest BCUT2D eigenvalue weighted by Crippen LogP contribution is 2.36. The summed E-state index contributed by atoms with van der Waals surface area (Å²) in [5.74, 6) is -0.158.